The average Bonchev–Trinajstić information content (AvgIpc) is 3.29. The summed E-state index contributed by atoms with van der Waals surface area (Å²) in [5.74, 6) is -0.854. The lowest BCUT2D eigenvalue weighted by Crippen LogP contribution is -2.42. The summed E-state index contributed by atoms with van der Waals surface area (Å²) >= 11 is 5.88. The number of hydrogen-bond acceptors (Lipinski definition) is 2. The highest BCUT2D eigenvalue weighted by Gasteiger charge is 2.41. The third-order valence-electron chi connectivity index (χ3n) is 6.09. The molecule has 2 aromatic carbocycles. The molecule has 0 amide bonds. The molecule has 1 N–H and O–H groups in total. The molecule has 1 saturated carbocycles. The van der Waals surface area contributed by atoms with Gasteiger partial charge in [-0.25, -0.2) is 8.78 Å². The van der Waals surface area contributed by atoms with Gasteiger partial charge in [0.1, 0.15) is 11.6 Å². The second-order valence-electron chi connectivity index (χ2n) is 7.89. The van der Waals surface area contributed by atoms with Crippen LogP contribution in [0.3, 0.4) is 0 Å². The average molecular weight is 388 g/mol. The van der Waals surface area contributed by atoms with E-state index < -0.39 is 11.6 Å². The fourth-order valence-corrected chi connectivity index (χ4v) is 4.79. The van der Waals surface area contributed by atoms with E-state index in [0.717, 1.165) is 35.0 Å². The molecule has 6 heteroatoms. The molecule has 27 heavy (non-hydrogen) atoms. The zero-order valence-electron chi connectivity index (χ0n) is 15.0. The maximum Gasteiger partial charge on any atom is 0.131 e. The van der Waals surface area contributed by atoms with E-state index >= 15 is 0 Å². The van der Waals surface area contributed by atoms with E-state index in [0.29, 0.717) is 5.92 Å². The van der Waals surface area contributed by atoms with E-state index in [2.05, 4.69) is 15.1 Å². The summed E-state index contributed by atoms with van der Waals surface area (Å²) in [6, 6.07) is 6.46. The fourth-order valence-electron chi connectivity index (χ4n) is 4.60. The van der Waals surface area contributed by atoms with Crippen molar-refractivity contribution in [2.75, 3.05) is 7.05 Å². The highest BCUT2D eigenvalue weighted by molar-refractivity contribution is 6.30. The predicted octanol–water partition coefficient (Wildman–Crippen LogP) is 5.24. The van der Waals surface area contributed by atoms with Crippen molar-refractivity contribution in [3.63, 3.8) is 0 Å². The zero-order valence-corrected chi connectivity index (χ0v) is 15.7. The predicted molar refractivity (Wildman–Crippen MR) is 102 cm³/mol. The Balaban J connectivity index is 1.74. The van der Waals surface area contributed by atoms with E-state index in [9.17, 15) is 8.78 Å². The molecule has 2 heterocycles. The number of rotatable bonds is 3. The minimum Gasteiger partial charge on any atom is -0.298 e. The summed E-state index contributed by atoms with van der Waals surface area (Å²) in [4.78, 5) is 2.24. The number of likely N-dealkylation sites (N-methyl/N-ethyl adjacent to an activating group) is 1. The van der Waals surface area contributed by atoms with Crippen molar-refractivity contribution in [2.24, 2.45) is 5.92 Å². The van der Waals surface area contributed by atoms with Crippen LogP contribution < -0.4 is 0 Å². The molecule has 1 aliphatic carbocycles. The van der Waals surface area contributed by atoms with Crippen molar-refractivity contribution in [3.8, 4) is 0 Å². The van der Waals surface area contributed by atoms with Crippen molar-refractivity contribution in [1.82, 2.24) is 15.1 Å². The number of nitrogens with zero attached hydrogens (tertiary/aromatic N) is 2. The van der Waals surface area contributed by atoms with E-state index in [1.54, 1.807) is 6.20 Å². The number of nitrogens with one attached hydrogen (secondary N) is 1. The van der Waals surface area contributed by atoms with Gasteiger partial charge in [-0.05, 0) is 48.7 Å². The van der Waals surface area contributed by atoms with Gasteiger partial charge in [0.2, 0.25) is 0 Å². The Morgan fingerprint density at radius 2 is 1.96 bits per heavy atom. The van der Waals surface area contributed by atoms with Gasteiger partial charge in [-0.2, -0.15) is 5.10 Å². The Morgan fingerprint density at radius 1 is 1.22 bits per heavy atom. The van der Waals surface area contributed by atoms with E-state index in [1.807, 2.05) is 19.2 Å². The van der Waals surface area contributed by atoms with Gasteiger partial charge in [-0.15, -0.1) is 0 Å². The molecule has 0 bridgehead atoms. The molecule has 1 aliphatic heterocycles. The van der Waals surface area contributed by atoms with Crippen molar-refractivity contribution in [2.45, 2.75) is 37.8 Å². The lowest BCUT2D eigenvalue weighted by Gasteiger charge is -2.41. The second-order valence-corrected chi connectivity index (χ2v) is 8.32. The van der Waals surface area contributed by atoms with E-state index in [-0.39, 0.29) is 22.5 Å². The molecular weight excluding hydrogens is 368 g/mol. The molecule has 140 valence electrons. The third-order valence-corrected chi connectivity index (χ3v) is 6.31. The summed E-state index contributed by atoms with van der Waals surface area (Å²) in [5.41, 5.74) is 3.15. The van der Waals surface area contributed by atoms with Crippen LogP contribution in [0.2, 0.25) is 5.02 Å². The monoisotopic (exact) mass is 387 g/mol. The molecule has 1 fully saturated rings. The van der Waals surface area contributed by atoms with Crippen LogP contribution in [-0.2, 0) is 6.54 Å². The van der Waals surface area contributed by atoms with Gasteiger partial charge >= 0.3 is 0 Å². The zero-order chi connectivity index (χ0) is 18.7. The van der Waals surface area contributed by atoms with Gasteiger partial charge in [0.25, 0.3) is 0 Å². The highest BCUT2D eigenvalue weighted by Crippen LogP contribution is 2.47. The Bertz CT molecular complexity index is 1000. The molecular formula is C21H20ClF2N3. The summed E-state index contributed by atoms with van der Waals surface area (Å²) in [5, 5.41) is 8.24. The van der Waals surface area contributed by atoms with E-state index in [1.165, 1.54) is 25.0 Å². The number of hydrogen-bond donors (Lipinski definition) is 1. The second kappa shape index (κ2) is 6.28. The number of H-pyrrole nitrogens is 1. The van der Waals surface area contributed by atoms with Crippen LogP contribution in [-0.4, -0.2) is 28.2 Å². The molecule has 1 aromatic heterocycles. The Hall–Kier alpha value is -1.98. The molecule has 0 unspecified atom stereocenters. The minimum atomic E-state index is -0.570. The van der Waals surface area contributed by atoms with Crippen LogP contribution in [0.5, 0.6) is 0 Å². The first-order chi connectivity index (χ1) is 13.0. The minimum absolute atomic E-state index is 0.0551. The summed E-state index contributed by atoms with van der Waals surface area (Å²) < 4.78 is 29.9. The molecule has 2 atom stereocenters. The molecule has 3 nitrogen and oxygen atoms in total. The summed E-state index contributed by atoms with van der Waals surface area (Å²) in [7, 11) is 2.05. The summed E-state index contributed by atoms with van der Waals surface area (Å²) in [6.07, 6.45) is 5.16. The van der Waals surface area contributed by atoms with Crippen LogP contribution in [0.25, 0.3) is 10.9 Å². The maximum absolute atomic E-state index is 14.9. The smallest absolute Gasteiger partial charge is 0.131 e. The van der Waals surface area contributed by atoms with Gasteiger partial charge in [-0.1, -0.05) is 30.5 Å². The first-order valence-electron chi connectivity index (χ1n) is 9.32. The van der Waals surface area contributed by atoms with Crippen LogP contribution in [0.1, 0.15) is 41.9 Å². The lowest BCUT2D eigenvalue weighted by molar-refractivity contribution is 0.177. The van der Waals surface area contributed by atoms with Crippen LogP contribution in [0.15, 0.2) is 30.5 Å². The fraction of sp³-hybridized carbons (Fsp3) is 0.381. The van der Waals surface area contributed by atoms with Gasteiger partial charge < -0.3 is 0 Å². The number of fused-ring (bicyclic) bond motifs is 3. The lowest BCUT2D eigenvalue weighted by atomic mass is 9.76. The Labute approximate surface area is 161 Å². The highest BCUT2D eigenvalue weighted by atomic mass is 35.5. The van der Waals surface area contributed by atoms with Crippen molar-refractivity contribution in [3.05, 3.63) is 63.8 Å². The molecule has 2 aliphatic rings. The third kappa shape index (κ3) is 2.84. The first-order valence-corrected chi connectivity index (χ1v) is 9.70. The van der Waals surface area contributed by atoms with Gasteiger partial charge in [0.15, 0.2) is 0 Å². The van der Waals surface area contributed by atoms with Crippen molar-refractivity contribution in [1.29, 1.82) is 0 Å². The standard InChI is InChI=1S/C21H20ClF2N3/c1-27-10-15-13(4-5-18-14(15)9-25-26-18)20(19(27)6-11-2-3-11)21-16(23)7-12(22)8-17(21)24/h4-5,7-9,11,19-20H,2-3,6,10H2,1H3,(H,25,26)/t19-,20+/m0/s1. The van der Waals surface area contributed by atoms with Gasteiger partial charge in [0, 0.05) is 34.5 Å². The topological polar surface area (TPSA) is 31.9 Å². The maximum atomic E-state index is 14.9. The van der Waals surface area contributed by atoms with E-state index in [4.69, 9.17) is 11.6 Å². The molecule has 0 saturated heterocycles. The molecule has 0 spiro atoms. The first kappa shape index (κ1) is 17.1. The SMILES string of the molecule is CN1Cc2c(ccc3[nH]ncc23)[C@@H](c2c(F)cc(Cl)cc2F)[C@@H]1CC1CC1. The van der Waals surface area contributed by atoms with Crippen molar-refractivity contribution < 1.29 is 8.78 Å². The summed E-state index contributed by atoms with van der Waals surface area (Å²) in [6.45, 7) is 0.747. The number of benzene rings is 2. The van der Waals surface area contributed by atoms with Crippen LogP contribution >= 0.6 is 11.6 Å². The number of halogens is 3. The van der Waals surface area contributed by atoms with Crippen LogP contribution in [0, 0.1) is 17.6 Å². The Morgan fingerprint density at radius 3 is 2.67 bits per heavy atom. The number of aromatic nitrogens is 2. The van der Waals surface area contributed by atoms with Crippen LogP contribution in [0.4, 0.5) is 8.78 Å². The van der Waals surface area contributed by atoms with Crippen molar-refractivity contribution >= 4 is 22.5 Å². The molecule has 5 rings (SSSR count). The Kier molecular flexibility index (Phi) is 3.99. The quantitative estimate of drug-likeness (QED) is 0.666. The van der Waals surface area contributed by atoms with Gasteiger partial charge in [-0.3, -0.25) is 10.00 Å². The molecule has 0 radical (unpaired) electrons. The number of aromatic amines is 1. The normalized spacial score (nSPS) is 23.0. The molecule has 3 aromatic rings. The van der Waals surface area contributed by atoms with Gasteiger partial charge in [0.05, 0.1) is 11.7 Å². The largest absolute Gasteiger partial charge is 0.298 e.